The number of carbonyl (C=O) groups is 1. The zero-order chi connectivity index (χ0) is 14.6. The van der Waals surface area contributed by atoms with Crippen molar-refractivity contribution in [1.82, 2.24) is 0 Å². The SMILES string of the molecule is C[C@H](C(=O)O[C@@H]1C[C@H]2CC[C@]1(C)C2(C)C)[N+](C)(C)C. The van der Waals surface area contributed by atoms with E-state index in [1.54, 1.807) is 0 Å². The monoisotopic (exact) mass is 268 g/mol. The molecule has 0 aliphatic heterocycles. The number of hydrogen-bond donors (Lipinski definition) is 0. The second-order valence-electron chi connectivity index (χ2n) is 8.33. The fourth-order valence-corrected chi connectivity index (χ4v) is 3.86. The van der Waals surface area contributed by atoms with Crippen molar-refractivity contribution in [3.8, 4) is 0 Å². The first-order valence-electron chi connectivity index (χ1n) is 7.52. The molecule has 2 saturated carbocycles. The van der Waals surface area contributed by atoms with Crippen molar-refractivity contribution < 1.29 is 14.0 Å². The van der Waals surface area contributed by atoms with E-state index in [1.165, 1.54) is 12.8 Å². The van der Waals surface area contributed by atoms with Gasteiger partial charge in [-0.2, -0.15) is 0 Å². The smallest absolute Gasteiger partial charge is 0.364 e. The number of hydrogen-bond acceptors (Lipinski definition) is 2. The second-order valence-corrected chi connectivity index (χ2v) is 8.33. The Morgan fingerprint density at radius 1 is 1.26 bits per heavy atom. The highest BCUT2D eigenvalue weighted by atomic mass is 16.5. The summed E-state index contributed by atoms with van der Waals surface area (Å²) in [7, 11) is 6.12. The first-order chi connectivity index (χ1) is 8.50. The van der Waals surface area contributed by atoms with Gasteiger partial charge in [0.1, 0.15) is 6.10 Å². The zero-order valence-corrected chi connectivity index (χ0v) is 13.6. The molecule has 3 nitrogen and oxygen atoms in total. The van der Waals surface area contributed by atoms with Crippen molar-refractivity contribution in [2.45, 2.75) is 59.1 Å². The molecule has 0 N–H and O–H groups in total. The van der Waals surface area contributed by atoms with Crippen molar-refractivity contribution in [3.05, 3.63) is 0 Å². The third kappa shape index (κ3) is 2.10. The molecule has 2 fully saturated rings. The molecule has 2 aliphatic rings. The van der Waals surface area contributed by atoms with Gasteiger partial charge in [0.25, 0.3) is 0 Å². The summed E-state index contributed by atoms with van der Waals surface area (Å²) in [5.41, 5.74) is 0.468. The van der Waals surface area contributed by atoms with Crippen molar-refractivity contribution in [2.75, 3.05) is 21.1 Å². The van der Waals surface area contributed by atoms with E-state index in [9.17, 15) is 4.79 Å². The molecule has 110 valence electrons. The van der Waals surface area contributed by atoms with Crippen LogP contribution in [-0.2, 0) is 9.53 Å². The standard InChI is InChI=1S/C16H30NO2/c1-11(17(5,6)7)14(18)19-13-10-12-8-9-16(13,4)15(12,2)3/h11-13H,8-10H2,1-7H3/q+1/t11-,12-,13-,16+/m1/s1. The Morgan fingerprint density at radius 3 is 2.21 bits per heavy atom. The molecule has 4 atom stereocenters. The molecule has 0 unspecified atom stereocenters. The number of fused-ring (bicyclic) bond motifs is 2. The van der Waals surface area contributed by atoms with E-state index in [0.717, 1.165) is 12.3 Å². The Kier molecular flexibility index (Phi) is 3.29. The van der Waals surface area contributed by atoms with Gasteiger partial charge in [0.15, 0.2) is 6.04 Å². The molecule has 0 aromatic heterocycles. The van der Waals surface area contributed by atoms with Crippen LogP contribution in [0.3, 0.4) is 0 Å². The maximum absolute atomic E-state index is 12.3. The molecule has 0 spiro atoms. The van der Waals surface area contributed by atoms with E-state index in [0.29, 0.717) is 9.90 Å². The summed E-state index contributed by atoms with van der Waals surface area (Å²) in [5, 5.41) is 0. The summed E-state index contributed by atoms with van der Waals surface area (Å²) >= 11 is 0. The Labute approximate surface area is 117 Å². The van der Waals surface area contributed by atoms with Crippen LogP contribution in [0.4, 0.5) is 0 Å². The highest BCUT2D eigenvalue weighted by Gasteiger charge is 2.63. The van der Waals surface area contributed by atoms with Gasteiger partial charge in [-0.05, 0) is 37.5 Å². The Morgan fingerprint density at radius 2 is 1.84 bits per heavy atom. The van der Waals surface area contributed by atoms with Crippen LogP contribution >= 0.6 is 0 Å². The number of quaternary nitrogens is 1. The normalized spacial score (nSPS) is 38.3. The lowest BCUT2D eigenvalue weighted by Crippen LogP contribution is -2.50. The maximum atomic E-state index is 12.3. The second kappa shape index (κ2) is 4.21. The Hall–Kier alpha value is -0.570. The third-order valence-electron chi connectivity index (χ3n) is 6.48. The lowest BCUT2D eigenvalue weighted by molar-refractivity contribution is -0.885. The van der Waals surface area contributed by atoms with Gasteiger partial charge in [-0.25, -0.2) is 4.79 Å². The number of carbonyl (C=O) groups excluding carboxylic acids is 1. The third-order valence-corrected chi connectivity index (χ3v) is 6.48. The topological polar surface area (TPSA) is 26.3 Å². The van der Waals surface area contributed by atoms with E-state index >= 15 is 0 Å². The molecule has 19 heavy (non-hydrogen) atoms. The van der Waals surface area contributed by atoms with E-state index in [4.69, 9.17) is 4.74 Å². The minimum absolute atomic E-state index is 0.0397. The molecular weight excluding hydrogens is 238 g/mol. The van der Waals surface area contributed by atoms with Crippen LogP contribution in [-0.4, -0.2) is 43.7 Å². The van der Waals surface area contributed by atoms with E-state index in [2.05, 4.69) is 20.8 Å². The van der Waals surface area contributed by atoms with Gasteiger partial charge < -0.3 is 9.22 Å². The van der Waals surface area contributed by atoms with Crippen LogP contribution in [0, 0.1) is 16.7 Å². The molecule has 0 aromatic carbocycles. The molecule has 3 heteroatoms. The zero-order valence-electron chi connectivity index (χ0n) is 13.6. The first kappa shape index (κ1) is 14.8. The predicted octanol–water partition coefficient (Wildman–Crippen LogP) is 2.84. The molecule has 0 amide bonds. The molecule has 0 saturated heterocycles. The van der Waals surface area contributed by atoms with Crippen molar-refractivity contribution in [2.24, 2.45) is 16.7 Å². The minimum atomic E-state index is -0.106. The van der Waals surface area contributed by atoms with Crippen LogP contribution in [0.15, 0.2) is 0 Å². The maximum Gasteiger partial charge on any atom is 0.364 e. The van der Waals surface area contributed by atoms with Gasteiger partial charge in [-0.1, -0.05) is 20.8 Å². The van der Waals surface area contributed by atoms with Gasteiger partial charge in [0.2, 0.25) is 0 Å². The van der Waals surface area contributed by atoms with E-state index in [1.807, 2.05) is 28.1 Å². The molecule has 2 rings (SSSR count). The Bertz CT molecular complexity index is 383. The summed E-state index contributed by atoms with van der Waals surface area (Å²) in [4.78, 5) is 12.3. The summed E-state index contributed by atoms with van der Waals surface area (Å²) in [6.07, 6.45) is 3.66. The van der Waals surface area contributed by atoms with Crippen molar-refractivity contribution >= 4 is 5.97 Å². The van der Waals surface area contributed by atoms with Gasteiger partial charge >= 0.3 is 5.97 Å². The average molecular weight is 268 g/mol. The molecule has 2 bridgehead atoms. The molecule has 0 radical (unpaired) electrons. The van der Waals surface area contributed by atoms with E-state index < -0.39 is 0 Å². The number of ether oxygens (including phenoxy) is 1. The fourth-order valence-electron chi connectivity index (χ4n) is 3.86. The predicted molar refractivity (Wildman–Crippen MR) is 76.6 cm³/mol. The summed E-state index contributed by atoms with van der Waals surface area (Å²) in [6.45, 7) is 8.97. The molecule has 0 heterocycles. The van der Waals surface area contributed by atoms with Gasteiger partial charge in [-0.3, -0.25) is 0 Å². The van der Waals surface area contributed by atoms with Gasteiger partial charge in [0, 0.05) is 5.41 Å². The summed E-state index contributed by atoms with van der Waals surface area (Å²) in [6, 6.07) is -0.106. The minimum Gasteiger partial charge on any atom is -0.457 e. The molecule has 0 aromatic rings. The Balaban J connectivity index is 2.09. The number of esters is 1. The van der Waals surface area contributed by atoms with Crippen LogP contribution in [0.25, 0.3) is 0 Å². The molecular formula is C16H30NO2+. The van der Waals surface area contributed by atoms with E-state index in [-0.39, 0.29) is 23.5 Å². The van der Waals surface area contributed by atoms with Crippen LogP contribution in [0.1, 0.15) is 47.0 Å². The van der Waals surface area contributed by atoms with Gasteiger partial charge in [-0.15, -0.1) is 0 Å². The van der Waals surface area contributed by atoms with Crippen LogP contribution in [0.5, 0.6) is 0 Å². The highest BCUT2D eigenvalue weighted by molar-refractivity contribution is 5.74. The highest BCUT2D eigenvalue weighted by Crippen LogP contribution is 2.66. The average Bonchev–Trinajstić information content (AvgIpc) is 2.59. The summed E-state index contributed by atoms with van der Waals surface area (Å²) < 4.78 is 6.54. The van der Waals surface area contributed by atoms with Gasteiger partial charge in [0.05, 0.1) is 21.1 Å². The number of nitrogens with zero attached hydrogens (tertiary/aromatic N) is 1. The summed E-state index contributed by atoms with van der Waals surface area (Å²) in [5.74, 6) is 0.678. The van der Waals surface area contributed by atoms with Crippen molar-refractivity contribution in [1.29, 1.82) is 0 Å². The largest absolute Gasteiger partial charge is 0.457 e. The van der Waals surface area contributed by atoms with Crippen molar-refractivity contribution in [3.63, 3.8) is 0 Å². The number of likely N-dealkylation sites (N-methyl/N-ethyl adjacent to an activating group) is 1. The lowest BCUT2D eigenvalue weighted by atomic mass is 9.70. The fraction of sp³-hybridized carbons (Fsp3) is 0.938. The molecule has 2 aliphatic carbocycles. The lowest BCUT2D eigenvalue weighted by Gasteiger charge is -2.39. The van der Waals surface area contributed by atoms with Crippen LogP contribution in [0.2, 0.25) is 0 Å². The quantitative estimate of drug-likeness (QED) is 0.581. The first-order valence-corrected chi connectivity index (χ1v) is 7.52. The number of rotatable bonds is 3. The van der Waals surface area contributed by atoms with Crippen LogP contribution < -0.4 is 0 Å².